The maximum atomic E-state index is 12.1. The molecule has 0 bridgehead atoms. The first-order chi connectivity index (χ1) is 11.6. The zero-order valence-electron chi connectivity index (χ0n) is 13.5. The number of ether oxygens (including phenoxy) is 1. The average molecular weight is 324 g/mol. The lowest BCUT2D eigenvalue weighted by Gasteiger charge is -2.14. The lowest BCUT2D eigenvalue weighted by Crippen LogP contribution is -2.41. The van der Waals surface area contributed by atoms with E-state index in [0.717, 1.165) is 11.3 Å². The summed E-state index contributed by atoms with van der Waals surface area (Å²) in [5.74, 6) is 1.23. The van der Waals surface area contributed by atoms with E-state index in [1.807, 2.05) is 55.5 Å². The fourth-order valence-corrected chi connectivity index (χ4v) is 2.60. The zero-order chi connectivity index (χ0) is 16.9. The maximum Gasteiger partial charge on any atom is 0.242 e. The van der Waals surface area contributed by atoms with Gasteiger partial charge in [0.1, 0.15) is 17.5 Å². The first-order valence-corrected chi connectivity index (χ1v) is 8.01. The van der Waals surface area contributed by atoms with E-state index >= 15 is 0 Å². The molecule has 2 N–H and O–H groups in total. The maximum absolute atomic E-state index is 12.1. The predicted octanol–water partition coefficient (Wildman–Crippen LogP) is 2.68. The molecule has 124 valence electrons. The van der Waals surface area contributed by atoms with Gasteiger partial charge in [-0.2, -0.15) is 0 Å². The Balaban J connectivity index is 1.64. The summed E-state index contributed by atoms with van der Waals surface area (Å²) < 4.78 is 5.92. The third-order valence-electron chi connectivity index (χ3n) is 3.99. The summed E-state index contributed by atoms with van der Waals surface area (Å²) in [7, 11) is 0. The largest absolute Gasteiger partial charge is 0.457 e. The van der Waals surface area contributed by atoms with Crippen molar-refractivity contribution in [1.82, 2.24) is 10.6 Å². The van der Waals surface area contributed by atoms with Gasteiger partial charge >= 0.3 is 0 Å². The predicted molar refractivity (Wildman–Crippen MR) is 90.7 cm³/mol. The number of carbonyl (C=O) groups excluding carboxylic acids is 2. The van der Waals surface area contributed by atoms with E-state index in [4.69, 9.17) is 4.74 Å². The molecule has 3 rings (SSSR count). The Morgan fingerprint density at radius 2 is 1.96 bits per heavy atom. The molecule has 0 radical (unpaired) electrons. The van der Waals surface area contributed by atoms with Gasteiger partial charge in [-0.1, -0.05) is 35.9 Å². The molecule has 1 aliphatic rings. The van der Waals surface area contributed by atoms with E-state index in [1.54, 1.807) is 0 Å². The van der Waals surface area contributed by atoms with Gasteiger partial charge in [-0.05, 0) is 31.5 Å². The summed E-state index contributed by atoms with van der Waals surface area (Å²) in [4.78, 5) is 23.3. The second kappa shape index (κ2) is 7.17. The molecule has 2 amide bonds. The summed E-state index contributed by atoms with van der Waals surface area (Å²) >= 11 is 0. The van der Waals surface area contributed by atoms with Crippen LogP contribution < -0.4 is 15.4 Å². The summed E-state index contributed by atoms with van der Waals surface area (Å²) in [6.07, 6.45) is 0.956. The lowest BCUT2D eigenvalue weighted by atomic mass is 10.1. The van der Waals surface area contributed by atoms with Crippen molar-refractivity contribution in [3.05, 3.63) is 59.7 Å². The third kappa shape index (κ3) is 3.93. The van der Waals surface area contributed by atoms with Gasteiger partial charge in [-0.3, -0.25) is 9.59 Å². The molecule has 0 aromatic heterocycles. The molecule has 1 saturated heterocycles. The molecule has 2 aromatic carbocycles. The zero-order valence-corrected chi connectivity index (χ0v) is 13.5. The fraction of sp³-hybridized carbons (Fsp3) is 0.263. The molecule has 2 aromatic rings. The third-order valence-corrected chi connectivity index (χ3v) is 3.99. The van der Waals surface area contributed by atoms with Gasteiger partial charge in [0.2, 0.25) is 11.8 Å². The van der Waals surface area contributed by atoms with Crippen molar-refractivity contribution in [2.45, 2.75) is 32.4 Å². The average Bonchev–Trinajstić information content (AvgIpc) is 3.02. The molecule has 0 saturated carbocycles. The number of rotatable bonds is 5. The first-order valence-electron chi connectivity index (χ1n) is 8.01. The number of benzene rings is 2. The van der Waals surface area contributed by atoms with Crippen molar-refractivity contribution >= 4 is 11.8 Å². The molecule has 1 unspecified atom stereocenters. The van der Waals surface area contributed by atoms with Crippen molar-refractivity contribution in [1.29, 1.82) is 0 Å². The SMILES string of the molecule is Cc1ccc(Oc2ccccc2CNC(=O)C2CCC(=O)N2)cc1. The highest BCUT2D eigenvalue weighted by molar-refractivity contribution is 5.90. The molecular weight excluding hydrogens is 304 g/mol. The van der Waals surface area contributed by atoms with Crippen LogP contribution in [-0.4, -0.2) is 17.9 Å². The minimum absolute atomic E-state index is 0.0711. The Bertz CT molecular complexity index is 741. The molecule has 5 nitrogen and oxygen atoms in total. The van der Waals surface area contributed by atoms with E-state index in [0.29, 0.717) is 25.1 Å². The molecule has 0 aliphatic carbocycles. The molecule has 1 fully saturated rings. The topological polar surface area (TPSA) is 67.4 Å². The number of amides is 2. The van der Waals surface area contributed by atoms with E-state index in [-0.39, 0.29) is 11.8 Å². The van der Waals surface area contributed by atoms with Gasteiger partial charge in [0.15, 0.2) is 0 Å². The van der Waals surface area contributed by atoms with Crippen LogP contribution in [0.1, 0.15) is 24.0 Å². The van der Waals surface area contributed by atoms with Crippen molar-refractivity contribution in [2.75, 3.05) is 0 Å². The van der Waals surface area contributed by atoms with Crippen LogP contribution in [0.3, 0.4) is 0 Å². The normalized spacial score (nSPS) is 16.5. The van der Waals surface area contributed by atoms with Crippen molar-refractivity contribution in [3.8, 4) is 11.5 Å². The summed E-state index contributed by atoms with van der Waals surface area (Å²) in [6, 6.07) is 15.0. The second-order valence-electron chi connectivity index (χ2n) is 5.90. The number of nitrogens with one attached hydrogen (secondary N) is 2. The standard InChI is InChI=1S/C19H20N2O3/c1-13-6-8-15(9-7-13)24-17-5-3-2-4-14(17)12-20-19(23)16-10-11-18(22)21-16/h2-9,16H,10-12H2,1H3,(H,20,23)(H,21,22). The van der Waals surface area contributed by atoms with E-state index in [9.17, 15) is 9.59 Å². The van der Waals surface area contributed by atoms with Crippen LogP contribution in [0, 0.1) is 6.92 Å². The van der Waals surface area contributed by atoms with Crippen LogP contribution in [0.15, 0.2) is 48.5 Å². The molecular formula is C19H20N2O3. The molecule has 1 heterocycles. The highest BCUT2D eigenvalue weighted by Gasteiger charge is 2.26. The van der Waals surface area contributed by atoms with Crippen LogP contribution in [-0.2, 0) is 16.1 Å². The summed E-state index contributed by atoms with van der Waals surface area (Å²) in [5.41, 5.74) is 2.05. The quantitative estimate of drug-likeness (QED) is 0.888. The van der Waals surface area contributed by atoms with Crippen LogP contribution in [0.4, 0.5) is 0 Å². The minimum Gasteiger partial charge on any atom is -0.457 e. The molecule has 24 heavy (non-hydrogen) atoms. The summed E-state index contributed by atoms with van der Waals surface area (Å²) in [6.45, 7) is 2.38. The Morgan fingerprint density at radius 1 is 1.21 bits per heavy atom. The Labute approximate surface area is 141 Å². The van der Waals surface area contributed by atoms with Crippen molar-refractivity contribution < 1.29 is 14.3 Å². The summed E-state index contributed by atoms with van der Waals surface area (Å²) in [5, 5.41) is 5.53. The smallest absolute Gasteiger partial charge is 0.242 e. The van der Waals surface area contributed by atoms with Crippen LogP contribution in [0.2, 0.25) is 0 Å². The highest BCUT2D eigenvalue weighted by atomic mass is 16.5. The monoisotopic (exact) mass is 324 g/mol. The van der Waals surface area contributed by atoms with E-state index in [1.165, 1.54) is 5.56 Å². The molecule has 0 spiro atoms. The minimum atomic E-state index is -0.428. The first kappa shape index (κ1) is 16.1. The molecule has 5 heteroatoms. The van der Waals surface area contributed by atoms with Gasteiger partial charge in [0.05, 0.1) is 0 Å². The Kier molecular flexibility index (Phi) is 4.79. The highest BCUT2D eigenvalue weighted by Crippen LogP contribution is 2.25. The van der Waals surface area contributed by atoms with Gasteiger partial charge in [0, 0.05) is 18.5 Å². The van der Waals surface area contributed by atoms with E-state index in [2.05, 4.69) is 10.6 Å². The number of aryl methyl sites for hydroxylation is 1. The van der Waals surface area contributed by atoms with Gasteiger partial charge in [-0.25, -0.2) is 0 Å². The lowest BCUT2D eigenvalue weighted by molar-refractivity contribution is -0.125. The Hall–Kier alpha value is -2.82. The van der Waals surface area contributed by atoms with Crippen molar-refractivity contribution in [2.24, 2.45) is 0 Å². The van der Waals surface area contributed by atoms with Crippen LogP contribution >= 0.6 is 0 Å². The molecule has 1 atom stereocenters. The number of carbonyl (C=O) groups is 2. The van der Waals surface area contributed by atoms with Gasteiger partial charge < -0.3 is 15.4 Å². The second-order valence-corrected chi connectivity index (χ2v) is 5.90. The van der Waals surface area contributed by atoms with Gasteiger partial charge in [0.25, 0.3) is 0 Å². The van der Waals surface area contributed by atoms with Crippen LogP contribution in [0.5, 0.6) is 11.5 Å². The number of hydrogen-bond donors (Lipinski definition) is 2. The number of para-hydroxylation sites is 1. The van der Waals surface area contributed by atoms with Crippen LogP contribution in [0.25, 0.3) is 0 Å². The fourth-order valence-electron chi connectivity index (χ4n) is 2.60. The Morgan fingerprint density at radius 3 is 2.67 bits per heavy atom. The molecule has 1 aliphatic heterocycles. The van der Waals surface area contributed by atoms with Crippen molar-refractivity contribution in [3.63, 3.8) is 0 Å². The van der Waals surface area contributed by atoms with E-state index < -0.39 is 6.04 Å². The van der Waals surface area contributed by atoms with Gasteiger partial charge in [-0.15, -0.1) is 0 Å². The number of hydrogen-bond acceptors (Lipinski definition) is 3.